The number of fused-ring (bicyclic) bond motifs is 4. The second-order valence-corrected chi connectivity index (χ2v) is 15.6. The van der Waals surface area contributed by atoms with Crippen molar-refractivity contribution in [3.63, 3.8) is 0 Å². The molecule has 0 fully saturated rings. The smallest absolute Gasteiger partial charge is 0.263 e. The molecule has 0 spiro atoms. The molecule has 0 aliphatic carbocycles. The highest BCUT2D eigenvalue weighted by Gasteiger charge is 2.42. The van der Waals surface area contributed by atoms with Crippen LogP contribution < -0.4 is 9.47 Å². The van der Waals surface area contributed by atoms with Gasteiger partial charge < -0.3 is 9.47 Å². The standard InChI is InChI=1S/C36H41NO4S3/c1-7-9-11-12-14-22(13-10-8-2)19-37-35(38)28-21(4)43-34(29(28)36(37)39)27-18-24-17-26-25(31(41-6)33(24)44-27)16-23-15-20(3)42-32(23)30(26)40-5/h15-18,22H,7-14,19H2,1-6H3. The highest BCUT2D eigenvalue weighted by Crippen LogP contribution is 2.51. The van der Waals surface area contributed by atoms with Gasteiger partial charge in [0.15, 0.2) is 0 Å². The second kappa shape index (κ2) is 12.8. The number of nitrogens with zero attached hydrogens (tertiary/aromatic N) is 1. The molecule has 44 heavy (non-hydrogen) atoms. The first kappa shape index (κ1) is 31.1. The SMILES string of the molecule is CCCCCCC(CCCC)CN1C(=O)c2c(C)sc(-c3cc4cc5c(OC)c6sc(C)cc6cc5c(OC)c4s3)c2C1=O. The molecule has 4 heterocycles. The number of methoxy groups -OCH3 is 2. The van der Waals surface area contributed by atoms with Crippen LogP contribution >= 0.6 is 34.0 Å². The van der Waals surface area contributed by atoms with Gasteiger partial charge in [0.1, 0.15) is 11.5 Å². The number of rotatable bonds is 13. The molecule has 3 aromatic heterocycles. The van der Waals surface area contributed by atoms with Crippen LogP contribution in [0.4, 0.5) is 0 Å². The Morgan fingerprint density at radius 3 is 2.00 bits per heavy atom. The Kier molecular flexibility index (Phi) is 9.05. The monoisotopic (exact) mass is 647 g/mol. The Balaban J connectivity index is 1.39. The number of hydrogen-bond acceptors (Lipinski definition) is 7. The molecule has 8 heteroatoms. The molecule has 1 aliphatic rings. The van der Waals surface area contributed by atoms with E-state index in [9.17, 15) is 9.59 Å². The lowest BCUT2D eigenvalue weighted by molar-refractivity contribution is 0.0622. The summed E-state index contributed by atoms with van der Waals surface area (Å²) in [6.07, 6.45) is 9.19. The lowest BCUT2D eigenvalue weighted by Crippen LogP contribution is -2.35. The topological polar surface area (TPSA) is 55.8 Å². The Labute approximate surface area is 271 Å². The van der Waals surface area contributed by atoms with E-state index in [4.69, 9.17) is 9.47 Å². The van der Waals surface area contributed by atoms with Crippen molar-refractivity contribution in [3.05, 3.63) is 45.1 Å². The van der Waals surface area contributed by atoms with Gasteiger partial charge in [-0.15, -0.1) is 34.0 Å². The molecule has 1 atom stereocenters. The van der Waals surface area contributed by atoms with E-state index in [1.807, 2.05) is 6.92 Å². The molecule has 1 unspecified atom stereocenters. The summed E-state index contributed by atoms with van der Waals surface area (Å²) < 4.78 is 14.2. The van der Waals surface area contributed by atoms with Crippen molar-refractivity contribution >= 4 is 76.8 Å². The molecule has 0 saturated heterocycles. The number of carbonyl (C=O) groups excluding carboxylic acids is 2. The zero-order valence-electron chi connectivity index (χ0n) is 26.6. The maximum Gasteiger partial charge on any atom is 0.263 e. The van der Waals surface area contributed by atoms with E-state index in [2.05, 4.69) is 45.0 Å². The molecular weight excluding hydrogens is 607 g/mol. The molecule has 5 nitrogen and oxygen atoms in total. The minimum atomic E-state index is -0.133. The summed E-state index contributed by atoms with van der Waals surface area (Å²) in [5, 5.41) is 4.21. The van der Waals surface area contributed by atoms with Crippen molar-refractivity contribution in [2.24, 2.45) is 5.92 Å². The van der Waals surface area contributed by atoms with Gasteiger partial charge in [-0.2, -0.15) is 0 Å². The number of ether oxygens (including phenoxy) is 2. The van der Waals surface area contributed by atoms with Crippen LogP contribution in [-0.4, -0.2) is 37.5 Å². The van der Waals surface area contributed by atoms with Crippen LogP contribution in [0.15, 0.2) is 24.3 Å². The zero-order valence-corrected chi connectivity index (χ0v) is 29.0. The van der Waals surface area contributed by atoms with Crippen LogP contribution in [0.5, 0.6) is 11.5 Å². The van der Waals surface area contributed by atoms with Crippen LogP contribution in [0.25, 0.3) is 40.7 Å². The van der Waals surface area contributed by atoms with Gasteiger partial charge >= 0.3 is 0 Å². The Morgan fingerprint density at radius 1 is 0.727 bits per heavy atom. The molecule has 0 saturated carbocycles. The number of aryl methyl sites for hydroxylation is 2. The van der Waals surface area contributed by atoms with E-state index >= 15 is 0 Å². The number of carbonyl (C=O) groups is 2. The van der Waals surface area contributed by atoms with Crippen molar-refractivity contribution in [3.8, 4) is 21.3 Å². The molecule has 0 radical (unpaired) electrons. The van der Waals surface area contributed by atoms with Gasteiger partial charge in [-0.25, -0.2) is 0 Å². The molecule has 232 valence electrons. The summed E-state index contributed by atoms with van der Waals surface area (Å²) in [4.78, 5) is 33.4. The molecule has 5 aromatic rings. The Bertz CT molecular complexity index is 1880. The summed E-state index contributed by atoms with van der Waals surface area (Å²) in [6, 6.07) is 8.71. The number of benzene rings is 2. The third kappa shape index (κ3) is 5.33. The Morgan fingerprint density at radius 2 is 1.34 bits per heavy atom. The fourth-order valence-electron chi connectivity index (χ4n) is 6.76. The maximum atomic E-state index is 14.0. The second-order valence-electron chi connectivity index (χ2n) is 12.0. The lowest BCUT2D eigenvalue weighted by Gasteiger charge is -2.23. The molecule has 6 rings (SSSR count). The van der Waals surface area contributed by atoms with Crippen LogP contribution in [0.1, 0.15) is 95.7 Å². The third-order valence-corrected chi connectivity index (χ3v) is 12.4. The minimum absolute atomic E-state index is 0.121. The first-order valence-electron chi connectivity index (χ1n) is 15.8. The minimum Gasteiger partial charge on any atom is -0.495 e. The fourth-order valence-corrected chi connectivity index (χ4v) is 10.2. The highest BCUT2D eigenvalue weighted by atomic mass is 32.1. The van der Waals surface area contributed by atoms with Crippen molar-refractivity contribution in [2.45, 2.75) is 79.1 Å². The molecule has 0 N–H and O–H groups in total. The summed E-state index contributed by atoms with van der Waals surface area (Å²) in [6.45, 7) is 9.04. The summed E-state index contributed by atoms with van der Waals surface area (Å²) >= 11 is 4.92. The number of thiophene rings is 3. The number of amides is 2. The maximum absolute atomic E-state index is 14.0. The van der Waals surface area contributed by atoms with Gasteiger partial charge in [-0.05, 0) is 67.6 Å². The predicted octanol–water partition coefficient (Wildman–Crippen LogP) is 11.0. The summed E-state index contributed by atoms with van der Waals surface area (Å²) in [5.74, 6) is 1.77. The first-order valence-corrected chi connectivity index (χ1v) is 18.3. The van der Waals surface area contributed by atoms with E-state index in [1.165, 1.54) is 24.1 Å². The van der Waals surface area contributed by atoms with E-state index in [-0.39, 0.29) is 11.8 Å². The number of imide groups is 1. The largest absolute Gasteiger partial charge is 0.495 e. The molecule has 1 aliphatic heterocycles. The van der Waals surface area contributed by atoms with E-state index in [1.54, 1.807) is 53.1 Å². The molecule has 2 amide bonds. The average molecular weight is 648 g/mol. The van der Waals surface area contributed by atoms with Gasteiger partial charge in [0.2, 0.25) is 0 Å². The number of hydrogen-bond donors (Lipinski definition) is 0. The van der Waals surface area contributed by atoms with Crippen molar-refractivity contribution in [1.82, 2.24) is 4.90 Å². The van der Waals surface area contributed by atoms with Crippen LogP contribution in [-0.2, 0) is 0 Å². The Hall–Kier alpha value is -2.94. The van der Waals surface area contributed by atoms with Crippen molar-refractivity contribution in [1.29, 1.82) is 0 Å². The average Bonchev–Trinajstić information content (AvgIpc) is 3.75. The van der Waals surface area contributed by atoms with Crippen molar-refractivity contribution < 1.29 is 19.1 Å². The van der Waals surface area contributed by atoms with Gasteiger partial charge in [0.25, 0.3) is 11.8 Å². The van der Waals surface area contributed by atoms with Crippen LogP contribution in [0, 0.1) is 19.8 Å². The lowest BCUT2D eigenvalue weighted by atomic mass is 9.94. The molecule has 0 bridgehead atoms. The van der Waals surface area contributed by atoms with Gasteiger partial charge in [0, 0.05) is 31.9 Å². The van der Waals surface area contributed by atoms with Gasteiger partial charge in [0.05, 0.1) is 39.6 Å². The summed E-state index contributed by atoms with van der Waals surface area (Å²) in [5.41, 5.74) is 1.18. The zero-order chi connectivity index (χ0) is 31.1. The first-order chi connectivity index (χ1) is 21.3. The number of unbranched alkanes of at least 4 members (excludes halogenated alkanes) is 4. The third-order valence-electron chi connectivity index (χ3n) is 8.94. The molecule has 2 aromatic carbocycles. The van der Waals surface area contributed by atoms with E-state index in [0.717, 1.165) is 89.2 Å². The highest BCUT2D eigenvalue weighted by molar-refractivity contribution is 7.26. The summed E-state index contributed by atoms with van der Waals surface area (Å²) in [7, 11) is 3.44. The van der Waals surface area contributed by atoms with Crippen LogP contribution in [0.2, 0.25) is 0 Å². The predicted molar refractivity (Wildman–Crippen MR) is 188 cm³/mol. The van der Waals surface area contributed by atoms with Crippen molar-refractivity contribution in [2.75, 3.05) is 20.8 Å². The fraction of sp³-hybridized carbons (Fsp3) is 0.444. The normalized spacial score (nSPS) is 14.0. The van der Waals surface area contributed by atoms with Crippen LogP contribution in [0.3, 0.4) is 0 Å². The van der Waals surface area contributed by atoms with Gasteiger partial charge in [-0.3, -0.25) is 14.5 Å². The quantitative estimate of drug-likeness (QED) is 0.0942. The van der Waals surface area contributed by atoms with E-state index in [0.29, 0.717) is 23.6 Å². The van der Waals surface area contributed by atoms with Gasteiger partial charge in [-0.1, -0.05) is 52.4 Å². The molecular formula is C36H41NO4S3. The van der Waals surface area contributed by atoms with E-state index < -0.39 is 0 Å².